The van der Waals surface area contributed by atoms with Gasteiger partial charge in [0.2, 0.25) is 0 Å². The number of nitrogens with one attached hydrogen (secondary N) is 1. The van der Waals surface area contributed by atoms with E-state index >= 15 is 0 Å². The first kappa shape index (κ1) is 13.6. The molecule has 94 valence electrons. The van der Waals surface area contributed by atoms with Crippen molar-refractivity contribution in [1.29, 1.82) is 0 Å². The van der Waals surface area contributed by atoms with Crippen LogP contribution in [0.1, 0.15) is 13.3 Å². The fourth-order valence-electron chi connectivity index (χ4n) is 1.81. The minimum atomic E-state index is -3.06. The number of carbonyl (C=O) groups is 1. The highest BCUT2D eigenvalue weighted by Crippen LogP contribution is 2.16. The van der Waals surface area contributed by atoms with Gasteiger partial charge in [-0.15, -0.1) is 0 Å². The Morgan fingerprint density at radius 3 is 2.69 bits per heavy atom. The van der Waals surface area contributed by atoms with E-state index in [4.69, 9.17) is 4.74 Å². The Hall–Kier alpha value is -0.460. The number of hydrogen-bond acceptors (Lipinski definition) is 5. The maximum Gasteiger partial charge on any atom is 0.147 e. The number of rotatable bonds is 6. The van der Waals surface area contributed by atoms with E-state index in [9.17, 15) is 13.2 Å². The molecule has 16 heavy (non-hydrogen) atoms. The van der Waals surface area contributed by atoms with E-state index in [-0.39, 0.29) is 29.9 Å². The maximum absolute atomic E-state index is 11.8. The average molecular weight is 249 g/mol. The van der Waals surface area contributed by atoms with Crippen molar-refractivity contribution in [2.45, 2.75) is 19.4 Å². The summed E-state index contributed by atoms with van der Waals surface area (Å²) in [7, 11) is -3.06. The second-order valence-corrected chi connectivity index (χ2v) is 6.41. The molecule has 0 aromatic heterocycles. The largest absolute Gasteiger partial charge is 0.379 e. The van der Waals surface area contributed by atoms with Gasteiger partial charge >= 0.3 is 0 Å². The van der Waals surface area contributed by atoms with Crippen LogP contribution in [0.4, 0.5) is 0 Å². The van der Waals surface area contributed by atoms with Crippen molar-refractivity contribution >= 4 is 15.6 Å². The topological polar surface area (TPSA) is 72.5 Å². The third kappa shape index (κ3) is 4.19. The summed E-state index contributed by atoms with van der Waals surface area (Å²) in [6, 6.07) is 0.0389. The van der Waals surface area contributed by atoms with Gasteiger partial charge in [-0.2, -0.15) is 0 Å². The first-order chi connectivity index (χ1) is 7.44. The molecule has 2 unspecified atom stereocenters. The number of ketones is 1. The molecule has 6 heteroatoms. The lowest BCUT2D eigenvalue weighted by Crippen LogP contribution is -2.39. The molecule has 1 N–H and O–H groups in total. The Morgan fingerprint density at radius 1 is 1.44 bits per heavy atom. The van der Waals surface area contributed by atoms with E-state index in [1.54, 1.807) is 0 Å². The molecule has 1 aliphatic rings. The Balaban J connectivity index is 2.47. The van der Waals surface area contributed by atoms with E-state index in [1.807, 2.05) is 6.92 Å². The Morgan fingerprint density at radius 2 is 2.12 bits per heavy atom. The Kier molecular flexibility index (Phi) is 4.89. The molecule has 1 rings (SSSR count). The zero-order valence-corrected chi connectivity index (χ0v) is 10.5. The van der Waals surface area contributed by atoms with Gasteiger partial charge in [0.05, 0.1) is 24.9 Å². The minimum absolute atomic E-state index is 0.0196. The van der Waals surface area contributed by atoms with E-state index in [1.165, 1.54) is 0 Å². The lowest BCUT2D eigenvalue weighted by atomic mass is 9.97. The summed E-state index contributed by atoms with van der Waals surface area (Å²) in [6.07, 6.45) is 1.24. The molecule has 0 spiro atoms. The van der Waals surface area contributed by atoms with Crippen molar-refractivity contribution < 1.29 is 17.9 Å². The summed E-state index contributed by atoms with van der Waals surface area (Å²) in [5.74, 6) is -0.281. The third-order valence-corrected chi connectivity index (χ3v) is 3.63. The second-order valence-electron chi connectivity index (χ2n) is 4.15. The molecule has 0 aliphatic carbocycles. The van der Waals surface area contributed by atoms with Gasteiger partial charge in [0, 0.05) is 18.7 Å². The predicted octanol–water partition coefficient (Wildman–Crippen LogP) is -0.385. The van der Waals surface area contributed by atoms with Crippen molar-refractivity contribution in [2.24, 2.45) is 5.92 Å². The van der Waals surface area contributed by atoms with Crippen LogP contribution in [0.5, 0.6) is 0 Å². The van der Waals surface area contributed by atoms with Crippen molar-refractivity contribution in [1.82, 2.24) is 5.32 Å². The molecule has 0 saturated carbocycles. The monoisotopic (exact) mass is 249 g/mol. The van der Waals surface area contributed by atoms with Gasteiger partial charge < -0.3 is 10.1 Å². The first-order valence-electron chi connectivity index (χ1n) is 5.45. The number of carbonyl (C=O) groups excluding carboxylic acids is 1. The summed E-state index contributed by atoms with van der Waals surface area (Å²) in [5.41, 5.74) is 0. The van der Waals surface area contributed by atoms with Gasteiger partial charge in [-0.3, -0.25) is 4.79 Å². The molecule has 2 atom stereocenters. The van der Waals surface area contributed by atoms with Crippen molar-refractivity contribution in [3.05, 3.63) is 0 Å². The molecule has 0 radical (unpaired) electrons. The van der Waals surface area contributed by atoms with E-state index in [0.29, 0.717) is 13.2 Å². The minimum Gasteiger partial charge on any atom is -0.379 e. The van der Waals surface area contributed by atoms with Crippen molar-refractivity contribution in [3.8, 4) is 0 Å². The first-order valence-corrected chi connectivity index (χ1v) is 7.51. The molecule has 5 nitrogen and oxygen atoms in total. The fourth-order valence-corrected chi connectivity index (χ4v) is 2.38. The summed E-state index contributed by atoms with van der Waals surface area (Å²) in [5, 5.41) is 3.18. The highest BCUT2D eigenvalue weighted by molar-refractivity contribution is 7.90. The molecule has 1 aliphatic heterocycles. The van der Waals surface area contributed by atoms with E-state index in [2.05, 4.69) is 5.32 Å². The van der Waals surface area contributed by atoms with Crippen LogP contribution in [0.25, 0.3) is 0 Å². The van der Waals surface area contributed by atoms with Gasteiger partial charge in [-0.25, -0.2) is 8.42 Å². The van der Waals surface area contributed by atoms with Crippen LogP contribution in [0.2, 0.25) is 0 Å². The quantitative estimate of drug-likeness (QED) is 0.694. The molecule has 0 aromatic rings. The lowest BCUT2D eigenvalue weighted by Gasteiger charge is -2.16. The van der Waals surface area contributed by atoms with Gasteiger partial charge in [-0.1, -0.05) is 6.92 Å². The van der Waals surface area contributed by atoms with Gasteiger partial charge in [0.1, 0.15) is 15.6 Å². The number of sulfone groups is 1. The third-order valence-electron chi connectivity index (χ3n) is 2.68. The number of ether oxygens (including phenoxy) is 1. The number of likely N-dealkylation sites (N-methyl/N-ethyl adjacent to an activating group) is 1. The van der Waals surface area contributed by atoms with Crippen LogP contribution in [-0.2, 0) is 19.4 Å². The van der Waals surface area contributed by atoms with Crippen LogP contribution >= 0.6 is 0 Å². The van der Waals surface area contributed by atoms with Crippen LogP contribution in [-0.4, -0.2) is 52.0 Å². The SMILES string of the molecule is CCNC1COCC1C(=O)CCS(C)(=O)=O. The van der Waals surface area contributed by atoms with Crippen LogP contribution in [0.15, 0.2) is 0 Å². The molecular formula is C10H19NO4S. The zero-order valence-electron chi connectivity index (χ0n) is 9.73. The number of Topliss-reactive ketones (excluding diaryl/α,β-unsaturated/α-hetero) is 1. The Bertz CT molecular complexity index is 339. The average Bonchev–Trinajstić information content (AvgIpc) is 2.62. The summed E-state index contributed by atoms with van der Waals surface area (Å²) >= 11 is 0. The van der Waals surface area contributed by atoms with Gasteiger partial charge in [-0.05, 0) is 6.54 Å². The van der Waals surface area contributed by atoms with Crippen molar-refractivity contribution in [2.75, 3.05) is 31.8 Å². The van der Waals surface area contributed by atoms with Crippen LogP contribution in [0, 0.1) is 5.92 Å². The lowest BCUT2D eigenvalue weighted by molar-refractivity contribution is -0.122. The molecular weight excluding hydrogens is 230 g/mol. The van der Waals surface area contributed by atoms with Crippen molar-refractivity contribution in [3.63, 3.8) is 0 Å². The molecule has 0 amide bonds. The van der Waals surface area contributed by atoms with E-state index < -0.39 is 9.84 Å². The molecule has 1 fully saturated rings. The zero-order chi connectivity index (χ0) is 12.2. The highest BCUT2D eigenvalue weighted by atomic mass is 32.2. The van der Waals surface area contributed by atoms with Crippen LogP contribution in [0.3, 0.4) is 0 Å². The maximum atomic E-state index is 11.8. The van der Waals surface area contributed by atoms with E-state index in [0.717, 1.165) is 12.8 Å². The van der Waals surface area contributed by atoms with Gasteiger partial charge in [0.25, 0.3) is 0 Å². The van der Waals surface area contributed by atoms with Crippen LogP contribution < -0.4 is 5.32 Å². The summed E-state index contributed by atoms with van der Waals surface area (Å²) in [6.45, 7) is 3.68. The molecule has 1 saturated heterocycles. The normalized spacial score (nSPS) is 25.9. The Labute approximate surface area is 96.5 Å². The molecule has 1 heterocycles. The molecule has 0 aromatic carbocycles. The second kappa shape index (κ2) is 5.75. The standard InChI is InChI=1S/C10H19NO4S/c1-3-11-9-7-15-6-8(9)10(12)4-5-16(2,13)14/h8-9,11H,3-7H2,1-2H3. The summed E-state index contributed by atoms with van der Waals surface area (Å²) in [4.78, 5) is 11.8. The smallest absolute Gasteiger partial charge is 0.147 e. The fraction of sp³-hybridized carbons (Fsp3) is 0.900. The predicted molar refractivity (Wildman–Crippen MR) is 61.1 cm³/mol. The molecule has 0 bridgehead atoms. The summed E-state index contributed by atoms with van der Waals surface area (Å²) < 4.78 is 27.2. The highest BCUT2D eigenvalue weighted by Gasteiger charge is 2.33. The number of hydrogen-bond donors (Lipinski definition) is 1. The van der Waals surface area contributed by atoms with Gasteiger partial charge in [0.15, 0.2) is 0 Å².